The Kier molecular flexibility index (Phi) is 3.40. The molecule has 2 nitrogen and oxygen atoms in total. The summed E-state index contributed by atoms with van der Waals surface area (Å²) in [6, 6.07) is 0. The van der Waals surface area contributed by atoms with Gasteiger partial charge < -0.3 is 5.11 Å². The number of hydrogen-bond acceptors (Lipinski definition) is 3. The van der Waals surface area contributed by atoms with Gasteiger partial charge in [-0.3, -0.25) is 4.79 Å². The van der Waals surface area contributed by atoms with Crippen LogP contribution in [0.3, 0.4) is 0 Å². The van der Waals surface area contributed by atoms with Crippen LogP contribution in [0.1, 0.15) is 32.6 Å². The number of thioether (sulfide) groups is 1. The Balaban J connectivity index is 2.28. The molecule has 1 aliphatic carbocycles. The average molecular weight is 174 g/mol. The Bertz CT molecular complexity index is 147. The molecule has 1 N–H and O–H groups in total. The van der Waals surface area contributed by atoms with Gasteiger partial charge in [0, 0.05) is 12.2 Å². The van der Waals surface area contributed by atoms with E-state index in [-0.39, 0.29) is 11.2 Å². The molecule has 0 bridgehead atoms. The van der Waals surface area contributed by atoms with Crippen molar-refractivity contribution < 1.29 is 9.90 Å². The summed E-state index contributed by atoms with van der Waals surface area (Å²) in [6.45, 7) is 1.59. The van der Waals surface area contributed by atoms with Crippen LogP contribution < -0.4 is 0 Å². The first-order valence-electron chi connectivity index (χ1n) is 4.04. The third kappa shape index (κ3) is 3.25. The predicted molar refractivity (Wildman–Crippen MR) is 46.5 cm³/mol. The Morgan fingerprint density at radius 2 is 2.27 bits per heavy atom. The molecule has 0 aromatic rings. The molecular formula is C8H14O2S. The molecule has 2 atom stereocenters. The second kappa shape index (κ2) is 4.12. The summed E-state index contributed by atoms with van der Waals surface area (Å²) in [5, 5.41) is 9.81. The molecule has 0 radical (unpaired) electrons. The van der Waals surface area contributed by atoms with Crippen LogP contribution in [0.5, 0.6) is 0 Å². The first-order chi connectivity index (χ1) is 5.18. The molecule has 2 unspecified atom stereocenters. The number of aliphatic hydroxyl groups is 1. The first-order valence-corrected chi connectivity index (χ1v) is 4.91. The normalized spacial score (nSPS) is 31.8. The first kappa shape index (κ1) is 9.07. The maximum absolute atomic E-state index is 10.7. The summed E-state index contributed by atoms with van der Waals surface area (Å²) in [5.74, 6) is 0. The zero-order chi connectivity index (χ0) is 8.27. The van der Waals surface area contributed by atoms with Crippen molar-refractivity contribution in [2.24, 2.45) is 0 Å². The summed E-state index contributed by atoms with van der Waals surface area (Å²) >= 11 is 1.38. The van der Waals surface area contributed by atoms with E-state index in [1.54, 1.807) is 6.92 Å². The van der Waals surface area contributed by atoms with Gasteiger partial charge in [0.25, 0.3) is 0 Å². The summed E-state index contributed by atoms with van der Waals surface area (Å²) < 4.78 is 0. The topological polar surface area (TPSA) is 37.3 Å². The van der Waals surface area contributed by atoms with Crippen LogP contribution in [-0.4, -0.2) is 21.6 Å². The van der Waals surface area contributed by atoms with Gasteiger partial charge in [-0.2, -0.15) is 0 Å². The summed E-state index contributed by atoms with van der Waals surface area (Å²) in [5.41, 5.74) is 0. The van der Waals surface area contributed by atoms with E-state index in [1.165, 1.54) is 11.8 Å². The molecule has 0 aromatic heterocycles. The van der Waals surface area contributed by atoms with Crippen molar-refractivity contribution in [1.29, 1.82) is 0 Å². The monoisotopic (exact) mass is 174 g/mol. The maximum Gasteiger partial charge on any atom is 0.186 e. The van der Waals surface area contributed by atoms with Gasteiger partial charge in [-0.25, -0.2) is 0 Å². The van der Waals surface area contributed by atoms with Gasteiger partial charge in [-0.1, -0.05) is 11.8 Å². The highest BCUT2D eigenvalue weighted by molar-refractivity contribution is 8.14. The number of aliphatic hydroxyl groups excluding tert-OH is 1. The van der Waals surface area contributed by atoms with Crippen LogP contribution in [0.2, 0.25) is 0 Å². The third-order valence-electron chi connectivity index (χ3n) is 1.93. The van der Waals surface area contributed by atoms with Gasteiger partial charge in [0.05, 0.1) is 6.10 Å². The van der Waals surface area contributed by atoms with Crippen LogP contribution in [0.15, 0.2) is 0 Å². The molecule has 3 heteroatoms. The lowest BCUT2D eigenvalue weighted by atomic mass is 9.97. The van der Waals surface area contributed by atoms with Crippen molar-refractivity contribution in [1.82, 2.24) is 0 Å². The lowest BCUT2D eigenvalue weighted by Crippen LogP contribution is -2.21. The number of hydrogen-bond donors (Lipinski definition) is 1. The lowest BCUT2D eigenvalue weighted by molar-refractivity contribution is -0.109. The van der Waals surface area contributed by atoms with Crippen LogP contribution >= 0.6 is 11.8 Å². The summed E-state index contributed by atoms with van der Waals surface area (Å²) in [7, 11) is 0. The number of rotatable bonds is 1. The van der Waals surface area contributed by atoms with Gasteiger partial charge in [-0.15, -0.1) is 0 Å². The molecule has 0 heterocycles. The molecule has 0 amide bonds. The van der Waals surface area contributed by atoms with Crippen molar-refractivity contribution in [2.75, 3.05) is 0 Å². The van der Waals surface area contributed by atoms with Crippen molar-refractivity contribution in [3.05, 3.63) is 0 Å². The van der Waals surface area contributed by atoms with E-state index < -0.39 is 0 Å². The molecule has 0 spiro atoms. The van der Waals surface area contributed by atoms with Gasteiger partial charge in [0.2, 0.25) is 0 Å². The van der Waals surface area contributed by atoms with Crippen LogP contribution in [0.25, 0.3) is 0 Å². The SMILES string of the molecule is CC(=O)SC1CCCC(O)C1. The molecule has 0 saturated heterocycles. The van der Waals surface area contributed by atoms with E-state index in [2.05, 4.69) is 0 Å². The van der Waals surface area contributed by atoms with E-state index in [4.69, 9.17) is 0 Å². The molecule has 1 aliphatic rings. The number of carbonyl (C=O) groups excluding carboxylic acids is 1. The highest BCUT2D eigenvalue weighted by Gasteiger charge is 2.21. The zero-order valence-corrected chi connectivity index (χ0v) is 7.56. The van der Waals surface area contributed by atoms with Gasteiger partial charge in [-0.05, 0) is 25.7 Å². The van der Waals surface area contributed by atoms with E-state index in [0.717, 1.165) is 25.7 Å². The Labute approximate surface area is 71.4 Å². The molecule has 1 rings (SSSR count). The molecule has 11 heavy (non-hydrogen) atoms. The van der Waals surface area contributed by atoms with E-state index >= 15 is 0 Å². The average Bonchev–Trinajstić information content (AvgIpc) is 1.85. The second-order valence-electron chi connectivity index (χ2n) is 3.05. The second-order valence-corrected chi connectivity index (χ2v) is 4.53. The van der Waals surface area contributed by atoms with Crippen molar-refractivity contribution in [3.63, 3.8) is 0 Å². The largest absolute Gasteiger partial charge is 0.393 e. The Morgan fingerprint density at radius 3 is 2.82 bits per heavy atom. The highest BCUT2D eigenvalue weighted by atomic mass is 32.2. The Hall–Kier alpha value is -0.0200. The van der Waals surface area contributed by atoms with Crippen molar-refractivity contribution in [2.45, 2.75) is 44.0 Å². The molecule has 0 aromatic carbocycles. The minimum Gasteiger partial charge on any atom is -0.393 e. The highest BCUT2D eigenvalue weighted by Crippen LogP contribution is 2.28. The summed E-state index contributed by atoms with van der Waals surface area (Å²) in [6.07, 6.45) is 3.69. The number of carbonyl (C=O) groups is 1. The minimum atomic E-state index is -0.166. The minimum absolute atomic E-state index is 0.166. The maximum atomic E-state index is 10.7. The lowest BCUT2D eigenvalue weighted by Gasteiger charge is -2.23. The van der Waals surface area contributed by atoms with Crippen molar-refractivity contribution in [3.8, 4) is 0 Å². The van der Waals surface area contributed by atoms with Crippen LogP contribution in [0.4, 0.5) is 0 Å². The quantitative estimate of drug-likeness (QED) is 0.655. The Morgan fingerprint density at radius 1 is 1.55 bits per heavy atom. The fraction of sp³-hybridized carbons (Fsp3) is 0.875. The van der Waals surface area contributed by atoms with Crippen molar-refractivity contribution >= 4 is 16.9 Å². The molecule has 64 valence electrons. The molecule has 1 fully saturated rings. The molecular weight excluding hydrogens is 160 g/mol. The van der Waals surface area contributed by atoms with E-state index in [9.17, 15) is 9.90 Å². The van der Waals surface area contributed by atoms with E-state index in [0.29, 0.717) is 5.25 Å². The van der Waals surface area contributed by atoms with Crippen LogP contribution in [0, 0.1) is 0 Å². The van der Waals surface area contributed by atoms with Gasteiger partial charge >= 0.3 is 0 Å². The fourth-order valence-corrected chi connectivity index (χ4v) is 2.53. The van der Waals surface area contributed by atoms with Crippen LogP contribution in [-0.2, 0) is 4.79 Å². The van der Waals surface area contributed by atoms with Gasteiger partial charge in [0.1, 0.15) is 0 Å². The van der Waals surface area contributed by atoms with E-state index in [1.807, 2.05) is 0 Å². The molecule has 1 saturated carbocycles. The molecule has 0 aliphatic heterocycles. The summed E-state index contributed by atoms with van der Waals surface area (Å²) in [4.78, 5) is 10.7. The standard InChI is InChI=1S/C8H14O2S/c1-6(9)11-8-4-2-3-7(10)5-8/h7-8,10H,2-5H2,1H3. The predicted octanol–water partition coefficient (Wildman–Crippen LogP) is 1.57. The smallest absolute Gasteiger partial charge is 0.186 e. The zero-order valence-electron chi connectivity index (χ0n) is 6.75. The third-order valence-corrected chi connectivity index (χ3v) is 3.02. The fourth-order valence-electron chi connectivity index (χ4n) is 1.46. The van der Waals surface area contributed by atoms with Gasteiger partial charge in [0.15, 0.2) is 5.12 Å².